The molecule has 0 fully saturated rings. The molecule has 0 amide bonds. The molecule has 0 aliphatic rings. The van der Waals surface area contributed by atoms with Gasteiger partial charge >= 0.3 is 5.97 Å². The Balaban J connectivity index is 3.55. The molecule has 0 saturated heterocycles. The van der Waals surface area contributed by atoms with Crippen molar-refractivity contribution in [3.63, 3.8) is 0 Å². The first-order chi connectivity index (χ1) is 8.56. The molecule has 18 heavy (non-hydrogen) atoms. The molecular formula is C13H25N3O2. The SMILES string of the molecule is CC(C)CCCCCCCC(CC(=O)O)N=[N+]=[N-]. The van der Waals surface area contributed by atoms with Gasteiger partial charge in [-0.3, -0.25) is 4.79 Å². The molecule has 1 N–H and O–H groups in total. The van der Waals surface area contributed by atoms with Gasteiger partial charge in [0.05, 0.1) is 6.42 Å². The Morgan fingerprint density at radius 3 is 2.22 bits per heavy atom. The van der Waals surface area contributed by atoms with E-state index in [-0.39, 0.29) is 12.5 Å². The Labute approximate surface area is 109 Å². The van der Waals surface area contributed by atoms with Crippen molar-refractivity contribution in [1.82, 2.24) is 0 Å². The van der Waals surface area contributed by atoms with E-state index >= 15 is 0 Å². The standard InChI is InChI=1S/C13H25N3O2/c1-11(2)8-6-4-3-5-7-9-12(15-16-14)10-13(17)18/h11-12H,3-10H2,1-2H3,(H,17,18). The summed E-state index contributed by atoms with van der Waals surface area (Å²) in [5.74, 6) is -0.126. The van der Waals surface area contributed by atoms with Gasteiger partial charge in [-0.1, -0.05) is 57.5 Å². The monoisotopic (exact) mass is 255 g/mol. The van der Waals surface area contributed by atoms with E-state index in [9.17, 15) is 4.79 Å². The van der Waals surface area contributed by atoms with Gasteiger partial charge in [-0.2, -0.15) is 0 Å². The molecule has 0 radical (unpaired) electrons. The number of aliphatic carboxylic acids is 1. The van der Waals surface area contributed by atoms with E-state index in [2.05, 4.69) is 23.9 Å². The zero-order valence-electron chi connectivity index (χ0n) is 11.5. The van der Waals surface area contributed by atoms with Crippen LogP contribution in [0.4, 0.5) is 0 Å². The molecule has 5 heteroatoms. The molecule has 0 aromatic carbocycles. The van der Waals surface area contributed by atoms with E-state index in [4.69, 9.17) is 10.6 Å². The fraction of sp³-hybridized carbons (Fsp3) is 0.923. The summed E-state index contributed by atoms with van der Waals surface area (Å²) in [5.41, 5.74) is 8.34. The van der Waals surface area contributed by atoms with Crippen molar-refractivity contribution in [1.29, 1.82) is 0 Å². The van der Waals surface area contributed by atoms with Crippen LogP contribution >= 0.6 is 0 Å². The quantitative estimate of drug-likeness (QED) is 0.254. The van der Waals surface area contributed by atoms with Gasteiger partial charge in [0.15, 0.2) is 0 Å². The minimum absolute atomic E-state index is 0.0581. The molecule has 0 bridgehead atoms. The Morgan fingerprint density at radius 2 is 1.72 bits per heavy atom. The van der Waals surface area contributed by atoms with Crippen LogP contribution in [0.2, 0.25) is 0 Å². The first kappa shape index (κ1) is 16.8. The predicted molar refractivity (Wildman–Crippen MR) is 72.3 cm³/mol. The van der Waals surface area contributed by atoms with E-state index in [0.29, 0.717) is 6.42 Å². The second kappa shape index (κ2) is 10.9. The van der Waals surface area contributed by atoms with E-state index in [1.165, 1.54) is 25.7 Å². The lowest BCUT2D eigenvalue weighted by molar-refractivity contribution is -0.137. The first-order valence-electron chi connectivity index (χ1n) is 6.82. The fourth-order valence-corrected chi connectivity index (χ4v) is 1.94. The highest BCUT2D eigenvalue weighted by Gasteiger charge is 2.10. The molecule has 0 saturated carbocycles. The topological polar surface area (TPSA) is 86.1 Å². The summed E-state index contributed by atoms with van der Waals surface area (Å²) in [6.07, 6.45) is 7.63. The molecule has 5 nitrogen and oxygen atoms in total. The molecule has 0 aliphatic carbocycles. The summed E-state index contributed by atoms with van der Waals surface area (Å²) in [6, 6.07) is -0.386. The largest absolute Gasteiger partial charge is 0.481 e. The third-order valence-electron chi connectivity index (χ3n) is 2.94. The zero-order chi connectivity index (χ0) is 13.8. The second-order valence-corrected chi connectivity index (χ2v) is 5.20. The van der Waals surface area contributed by atoms with Crippen molar-refractivity contribution >= 4 is 5.97 Å². The van der Waals surface area contributed by atoms with E-state index in [0.717, 1.165) is 18.8 Å². The van der Waals surface area contributed by atoms with Gasteiger partial charge < -0.3 is 5.11 Å². The van der Waals surface area contributed by atoms with Gasteiger partial charge in [-0.25, -0.2) is 0 Å². The lowest BCUT2D eigenvalue weighted by Gasteiger charge is -2.08. The number of carboxylic acids is 1. The van der Waals surface area contributed by atoms with Gasteiger partial charge in [0.25, 0.3) is 0 Å². The highest BCUT2D eigenvalue weighted by Crippen LogP contribution is 2.14. The van der Waals surface area contributed by atoms with Crippen molar-refractivity contribution in [2.24, 2.45) is 11.0 Å². The summed E-state index contributed by atoms with van der Waals surface area (Å²) in [4.78, 5) is 13.2. The van der Waals surface area contributed by atoms with E-state index in [1.54, 1.807) is 0 Å². The van der Waals surface area contributed by atoms with Crippen LogP contribution in [0.1, 0.15) is 65.2 Å². The average Bonchev–Trinajstić information content (AvgIpc) is 2.26. The van der Waals surface area contributed by atoms with Crippen LogP contribution in [0.3, 0.4) is 0 Å². The smallest absolute Gasteiger partial charge is 0.303 e. The number of azide groups is 1. The number of carboxylic acid groups (broad SMARTS) is 1. The van der Waals surface area contributed by atoms with Crippen LogP contribution in [-0.4, -0.2) is 17.1 Å². The number of carbonyl (C=O) groups is 1. The van der Waals surface area contributed by atoms with Gasteiger partial charge in [-0.15, -0.1) is 0 Å². The third-order valence-corrected chi connectivity index (χ3v) is 2.94. The molecule has 0 heterocycles. The summed E-state index contributed by atoms with van der Waals surface area (Å²) in [6.45, 7) is 4.47. The fourth-order valence-electron chi connectivity index (χ4n) is 1.94. The summed E-state index contributed by atoms with van der Waals surface area (Å²) in [5, 5.41) is 12.2. The molecule has 0 spiro atoms. The maximum absolute atomic E-state index is 10.5. The summed E-state index contributed by atoms with van der Waals surface area (Å²) < 4.78 is 0. The van der Waals surface area contributed by atoms with Crippen molar-refractivity contribution < 1.29 is 9.90 Å². The summed E-state index contributed by atoms with van der Waals surface area (Å²) in [7, 11) is 0. The minimum atomic E-state index is -0.899. The second-order valence-electron chi connectivity index (χ2n) is 5.20. The van der Waals surface area contributed by atoms with Crippen LogP contribution in [0.25, 0.3) is 10.4 Å². The lowest BCUT2D eigenvalue weighted by Crippen LogP contribution is -2.10. The Bertz CT molecular complexity index is 273. The van der Waals surface area contributed by atoms with Crippen molar-refractivity contribution in [3.8, 4) is 0 Å². The first-order valence-corrected chi connectivity index (χ1v) is 6.82. The molecule has 0 aliphatic heterocycles. The number of hydrogen-bond donors (Lipinski definition) is 1. The predicted octanol–water partition coefficient (Wildman–Crippen LogP) is 4.53. The van der Waals surface area contributed by atoms with Gasteiger partial charge in [0.1, 0.15) is 0 Å². The van der Waals surface area contributed by atoms with Crippen LogP contribution < -0.4 is 0 Å². The Morgan fingerprint density at radius 1 is 1.17 bits per heavy atom. The molecule has 0 aromatic rings. The van der Waals surface area contributed by atoms with Crippen molar-refractivity contribution in [2.75, 3.05) is 0 Å². The third kappa shape index (κ3) is 11.3. The van der Waals surface area contributed by atoms with E-state index < -0.39 is 5.97 Å². The molecular weight excluding hydrogens is 230 g/mol. The van der Waals surface area contributed by atoms with Gasteiger partial charge in [0, 0.05) is 11.0 Å². The van der Waals surface area contributed by atoms with Crippen LogP contribution in [0.15, 0.2) is 5.11 Å². The highest BCUT2D eigenvalue weighted by molar-refractivity contribution is 5.67. The highest BCUT2D eigenvalue weighted by atomic mass is 16.4. The molecule has 1 unspecified atom stereocenters. The average molecular weight is 255 g/mol. The van der Waals surface area contributed by atoms with Crippen LogP contribution in [0.5, 0.6) is 0 Å². The molecule has 1 atom stereocenters. The molecule has 0 aromatic heterocycles. The normalized spacial score (nSPS) is 12.2. The Kier molecular flexibility index (Phi) is 10.2. The van der Waals surface area contributed by atoms with Crippen molar-refractivity contribution in [3.05, 3.63) is 10.4 Å². The molecule has 104 valence electrons. The maximum atomic E-state index is 10.5. The van der Waals surface area contributed by atoms with Gasteiger partial charge in [-0.05, 0) is 17.9 Å². The van der Waals surface area contributed by atoms with E-state index in [1.807, 2.05) is 0 Å². The molecule has 0 rings (SSSR count). The van der Waals surface area contributed by atoms with Crippen molar-refractivity contribution in [2.45, 2.75) is 71.3 Å². The zero-order valence-corrected chi connectivity index (χ0v) is 11.5. The Hall–Kier alpha value is -1.22. The maximum Gasteiger partial charge on any atom is 0.303 e. The lowest BCUT2D eigenvalue weighted by atomic mass is 10.0. The summed E-state index contributed by atoms with van der Waals surface area (Å²) >= 11 is 0. The van der Waals surface area contributed by atoms with Crippen LogP contribution in [0, 0.1) is 5.92 Å². The minimum Gasteiger partial charge on any atom is -0.481 e. The van der Waals surface area contributed by atoms with Crippen LogP contribution in [-0.2, 0) is 4.79 Å². The number of unbranched alkanes of at least 4 members (excludes halogenated alkanes) is 4. The number of nitrogens with zero attached hydrogens (tertiary/aromatic N) is 3. The number of hydrogen-bond acceptors (Lipinski definition) is 2. The van der Waals surface area contributed by atoms with Gasteiger partial charge in [0.2, 0.25) is 0 Å². The number of rotatable bonds is 11.